The third-order valence-corrected chi connectivity index (χ3v) is 6.21. The topological polar surface area (TPSA) is 46.3 Å². The number of halogens is 1. The Morgan fingerprint density at radius 3 is 2.38 bits per heavy atom. The lowest BCUT2D eigenvalue weighted by Gasteiger charge is -2.45. The van der Waals surface area contributed by atoms with Gasteiger partial charge in [-0.2, -0.15) is 0 Å². The van der Waals surface area contributed by atoms with Crippen LogP contribution in [0.1, 0.15) is 57.6 Å². The van der Waals surface area contributed by atoms with Crippen LogP contribution in [0.3, 0.4) is 0 Å². The van der Waals surface area contributed by atoms with Crippen LogP contribution >= 0.6 is 0 Å². The minimum atomic E-state index is -0.241. The summed E-state index contributed by atoms with van der Waals surface area (Å²) in [6.45, 7) is 4.73. The van der Waals surface area contributed by atoms with E-state index >= 15 is 0 Å². The summed E-state index contributed by atoms with van der Waals surface area (Å²) in [5.41, 5.74) is 7.35. The van der Waals surface area contributed by atoms with Crippen LogP contribution in [0.2, 0.25) is 0 Å². The highest BCUT2D eigenvalue weighted by molar-refractivity contribution is 5.79. The van der Waals surface area contributed by atoms with Gasteiger partial charge in [0.2, 0.25) is 5.91 Å². The molecular weight excluding hydrogens is 303 g/mol. The quantitative estimate of drug-likeness (QED) is 0.909. The SMILES string of the molecule is CCN(C(=O)C1CC2CCCC(C1)C2N)C(C)c1ccc(F)cc1. The fourth-order valence-corrected chi connectivity index (χ4v) is 4.77. The standard InChI is InChI=1S/C20H29FN2O/c1-3-23(13(2)14-7-9-18(21)10-8-14)20(24)17-11-15-5-4-6-16(12-17)19(15)22/h7-10,13,15-17,19H,3-6,11-12,22H2,1-2H3. The number of hydrogen-bond donors (Lipinski definition) is 1. The Labute approximate surface area is 144 Å². The van der Waals surface area contributed by atoms with Gasteiger partial charge < -0.3 is 10.6 Å². The number of nitrogens with two attached hydrogens (primary N) is 1. The van der Waals surface area contributed by atoms with E-state index in [-0.39, 0.29) is 29.7 Å². The smallest absolute Gasteiger partial charge is 0.226 e. The van der Waals surface area contributed by atoms with Gasteiger partial charge in [-0.15, -0.1) is 0 Å². The predicted octanol–water partition coefficient (Wildman–Crippen LogP) is 3.89. The van der Waals surface area contributed by atoms with Crippen molar-refractivity contribution >= 4 is 5.91 Å². The van der Waals surface area contributed by atoms with E-state index in [9.17, 15) is 9.18 Å². The van der Waals surface area contributed by atoms with Gasteiger partial charge in [0, 0.05) is 18.5 Å². The molecule has 2 aliphatic carbocycles. The van der Waals surface area contributed by atoms with Crippen molar-refractivity contribution in [3.05, 3.63) is 35.6 Å². The molecule has 0 spiro atoms. The molecule has 0 radical (unpaired) electrons. The normalized spacial score (nSPS) is 30.7. The van der Waals surface area contributed by atoms with Crippen molar-refractivity contribution in [1.29, 1.82) is 0 Å². The molecule has 2 fully saturated rings. The average molecular weight is 332 g/mol. The summed E-state index contributed by atoms with van der Waals surface area (Å²) in [4.78, 5) is 15.1. The first-order valence-electron chi connectivity index (χ1n) is 9.32. The Morgan fingerprint density at radius 2 is 1.83 bits per heavy atom. The van der Waals surface area contributed by atoms with Crippen LogP contribution in [0.25, 0.3) is 0 Å². The van der Waals surface area contributed by atoms with E-state index in [0.29, 0.717) is 18.4 Å². The Hall–Kier alpha value is -1.42. The first-order valence-corrected chi connectivity index (χ1v) is 9.32. The number of carbonyl (C=O) groups excluding carboxylic acids is 1. The summed E-state index contributed by atoms with van der Waals surface area (Å²) in [7, 11) is 0. The lowest BCUT2D eigenvalue weighted by atomic mass is 9.65. The van der Waals surface area contributed by atoms with Crippen molar-refractivity contribution in [2.45, 2.75) is 58.0 Å². The highest BCUT2D eigenvalue weighted by Gasteiger charge is 2.42. The van der Waals surface area contributed by atoms with Gasteiger partial charge in [0.1, 0.15) is 5.82 Å². The fourth-order valence-electron chi connectivity index (χ4n) is 4.77. The van der Waals surface area contributed by atoms with Gasteiger partial charge in [0.15, 0.2) is 0 Å². The van der Waals surface area contributed by atoms with Crippen molar-refractivity contribution in [3.63, 3.8) is 0 Å². The minimum Gasteiger partial charge on any atom is -0.336 e. The maximum atomic E-state index is 13.2. The van der Waals surface area contributed by atoms with Crippen LogP contribution < -0.4 is 5.73 Å². The van der Waals surface area contributed by atoms with Crippen molar-refractivity contribution < 1.29 is 9.18 Å². The number of nitrogens with zero attached hydrogens (tertiary/aromatic N) is 1. The molecule has 0 heterocycles. The largest absolute Gasteiger partial charge is 0.336 e. The van der Waals surface area contributed by atoms with Crippen LogP contribution in [0, 0.1) is 23.6 Å². The molecule has 2 aliphatic rings. The molecule has 0 saturated heterocycles. The van der Waals surface area contributed by atoms with Gasteiger partial charge in [0.05, 0.1) is 6.04 Å². The number of amides is 1. The molecule has 2 bridgehead atoms. The second-order valence-electron chi connectivity index (χ2n) is 7.55. The first kappa shape index (κ1) is 17.4. The molecule has 1 aromatic carbocycles. The molecule has 2 N–H and O–H groups in total. The Morgan fingerprint density at radius 1 is 1.25 bits per heavy atom. The number of benzene rings is 1. The first-order chi connectivity index (χ1) is 11.5. The van der Waals surface area contributed by atoms with Gasteiger partial charge in [-0.25, -0.2) is 4.39 Å². The molecule has 1 amide bonds. The summed E-state index contributed by atoms with van der Waals surface area (Å²) in [6.07, 6.45) is 5.46. The summed E-state index contributed by atoms with van der Waals surface area (Å²) >= 11 is 0. The molecule has 3 unspecified atom stereocenters. The van der Waals surface area contributed by atoms with E-state index in [1.54, 1.807) is 12.1 Å². The van der Waals surface area contributed by atoms with Crippen molar-refractivity contribution in [3.8, 4) is 0 Å². The summed E-state index contributed by atoms with van der Waals surface area (Å²) in [5, 5.41) is 0. The molecule has 4 heteroatoms. The van der Waals surface area contributed by atoms with E-state index in [4.69, 9.17) is 5.73 Å². The number of hydrogen-bond acceptors (Lipinski definition) is 2. The maximum absolute atomic E-state index is 13.2. The molecule has 3 nitrogen and oxygen atoms in total. The predicted molar refractivity (Wildman–Crippen MR) is 93.7 cm³/mol. The van der Waals surface area contributed by atoms with E-state index in [1.165, 1.54) is 31.4 Å². The van der Waals surface area contributed by atoms with Crippen LogP contribution in [0.4, 0.5) is 4.39 Å². The molecule has 132 valence electrons. The lowest BCUT2D eigenvalue weighted by molar-refractivity contribution is -0.140. The molecule has 24 heavy (non-hydrogen) atoms. The zero-order valence-electron chi connectivity index (χ0n) is 14.7. The zero-order valence-corrected chi connectivity index (χ0v) is 14.7. The highest BCUT2D eigenvalue weighted by Crippen LogP contribution is 2.43. The van der Waals surface area contributed by atoms with Crippen molar-refractivity contribution in [2.75, 3.05) is 6.54 Å². The molecule has 0 aromatic heterocycles. The van der Waals surface area contributed by atoms with E-state index in [1.807, 2.05) is 18.7 Å². The monoisotopic (exact) mass is 332 g/mol. The molecule has 1 aromatic rings. The van der Waals surface area contributed by atoms with E-state index in [2.05, 4.69) is 0 Å². The van der Waals surface area contributed by atoms with Gasteiger partial charge in [-0.05, 0) is 69.1 Å². The average Bonchev–Trinajstić information content (AvgIpc) is 2.55. The summed E-state index contributed by atoms with van der Waals surface area (Å²) in [5.74, 6) is 1.12. The van der Waals surface area contributed by atoms with E-state index < -0.39 is 0 Å². The van der Waals surface area contributed by atoms with Gasteiger partial charge in [-0.1, -0.05) is 18.6 Å². The third-order valence-electron chi connectivity index (χ3n) is 6.21. The van der Waals surface area contributed by atoms with Crippen molar-refractivity contribution in [2.24, 2.45) is 23.5 Å². The second kappa shape index (κ2) is 7.22. The number of carbonyl (C=O) groups is 1. The third kappa shape index (κ3) is 3.34. The Bertz CT molecular complexity index is 560. The van der Waals surface area contributed by atoms with Gasteiger partial charge in [-0.3, -0.25) is 4.79 Å². The van der Waals surface area contributed by atoms with Gasteiger partial charge >= 0.3 is 0 Å². The minimum absolute atomic E-state index is 0.0291. The van der Waals surface area contributed by atoms with E-state index in [0.717, 1.165) is 18.4 Å². The Balaban J connectivity index is 1.73. The summed E-state index contributed by atoms with van der Waals surface area (Å²) < 4.78 is 13.2. The number of rotatable bonds is 4. The maximum Gasteiger partial charge on any atom is 0.226 e. The molecule has 0 aliphatic heterocycles. The Kier molecular flexibility index (Phi) is 5.24. The van der Waals surface area contributed by atoms with Crippen LogP contribution in [-0.2, 0) is 4.79 Å². The molecule has 3 atom stereocenters. The molecular formula is C20H29FN2O. The molecule has 2 saturated carbocycles. The summed E-state index contributed by atoms with van der Waals surface area (Å²) in [6, 6.07) is 6.75. The van der Waals surface area contributed by atoms with Crippen molar-refractivity contribution in [1.82, 2.24) is 4.90 Å². The van der Waals surface area contributed by atoms with Crippen LogP contribution in [0.15, 0.2) is 24.3 Å². The number of fused-ring (bicyclic) bond motifs is 2. The highest BCUT2D eigenvalue weighted by atomic mass is 19.1. The second-order valence-corrected chi connectivity index (χ2v) is 7.55. The fraction of sp³-hybridized carbons (Fsp3) is 0.650. The van der Waals surface area contributed by atoms with Crippen LogP contribution in [-0.4, -0.2) is 23.4 Å². The lowest BCUT2D eigenvalue weighted by Crippen LogP contribution is -2.50. The van der Waals surface area contributed by atoms with Gasteiger partial charge in [0.25, 0.3) is 0 Å². The van der Waals surface area contributed by atoms with Crippen LogP contribution in [0.5, 0.6) is 0 Å². The molecule has 3 rings (SSSR count). The zero-order chi connectivity index (χ0) is 17.3.